The Morgan fingerprint density at radius 2 is 1.90 bits per heavy atom. The van der Waals surface area contributed by atoms with Crippen LogP contribution in [0.2, 0.25) is 0 Å². The largest absolute Gasteiger partial charge is 0.478 e. The molecule has 20 heavy (non-hydrogen) atoms. The molecule has 0 bridgehead atoms. The number of carbonyl (C=O) groups is 1. The molecule has 0 atom stereocenters. The van der Waals surface area contributed by atoms with Gasteiger partial charge in [-0.15, -0.1) is 0 Å². The summed E-state index contributed by atoms with van der Waals surface area (Å²) in [4.78, 5) is 25.5. The Kier molecular flexibility index (Phi) is 3.74. The molecule has 0 unspecified atom stereocenters. The SMILES string of the molecule is CCc1nc(-c2ccc([N+](=O)[O-])cc2)ccc1C(=O)O. The Bertz CT molecular complexity index is 665. The number of carboxylic acids is 1. The molecule has 0 saturated carbocycles. The minimum atomic E-state index is -1.01. The maximum absolute atomic E-state index is 11.0. The lowest BCUT2D eigenvalue weighted by atomic mass is 10.1. The van der Waals surface area contributed by atoms with Gasteiger partial charge in [0.2, 0.25) is 0 Å². The van der Waals surface area contributed by atoms with Crippen molar-refractivity contribution in [3.8, 4) is 11.3 Å². The van der Waals surface area contributed by atoms with Crippen molar-refractivity contribution in [3.05, 3.63) is 57.8 Å². The third-order valence-electron chi connectivity index (χ3n) is 2.91. The first kappa shape index (κ1) is 13.7. The molecule has 0 radical (unpaired) electrons. The fourth-order valence-electron chi connectivity index (χ4n) is 1.88. The Labute approximate surface area is 114 Å². The zero-order valence-corrected chi connectivity index (χ0v) is 10.7. The number of benzene rings is 1. The van der Waals surface area contributed by atoms with E-state index in [-0.39, 0.29) is 11.3 Å². The van der Waals surface area contributed by atoms with E-state index in [4.69, 9.17) is 5.11 Å². The normalized spacial score (nSPS) is 10.2. The first-order valence-corrected chi connectivity index (χ1v) is 6.01. The van der Waals surface area contributed by atoms with Gasteiger partial charge >= 0.3 is 5.97 Å². The maximum Gasteiger partial charge on any atom is 0.337 e. The highest BCUT2D eigenvalue weighted by atomic mass is 16.6. The van der Waals surface area contributed by atoms with Crippen LogP contribution in [-0.2, 0) is 6.42 Å². The monoisotopic (exact) mass is 272 g/mol. The quantitative estimate of drug-likeness (QED) is 0.682. The number of nitro groups is 1. The molecule has 0 aliphatic rings. The van der Waals surface area contributed by atoms with Crippen molar-refractivity contribution < 1.29 is 14.8 Å². The molecule has 2 rings (SSSR count). The van der Waals surface area contributed by atoms with Gasteiger partial charge in [-0.1, -0.05) is 6.92 Å². The van der Waals surface area contributed by atoms with Crippen LogP contribution in [0.25, 0.3) is 11.3 Å². The van der Waals surface area contributed by atoms with Gasteiger partial charge in [0.25, 0.3) is 5.69 Å². The second-order valence-corrected chi connectivity index (χ2v) is 4.15. The van der Waals surface area contributed by atoms with E-state index in [0.717, 1.165) is 0 Å². The molecule has 0 saturated heterocycles. The number of hydrogen-bond acceptors (Lipinski definition) is 4. The zero-order chi connectivity index (χ0) is 14.7. The number of carboxylic acid groups (broad SMARTS) is 1. The lowest BCUT2D eigenvalue weighted by molar-refractivity contribution is -0.384. The van der Waals surface area contributed by atoms with Gasteiger partial charge in [0.1, 0.15) is 0 Å². The molecule has 1 aromatic carbocycles. The van der Waals surface area contributed by atoms with Gasteiger partial charge in [0.05, 0.1) is 21.9 Å². The number of nitrogens with zero attached hydrogens (tertiary/aromatic N) is 2. The van der Waals surface area contributed by atoms with E-state index in [1.807, 2.05) is 6.92 Å². The standard InChI is InChI=1S/C14H12N2O4/c1-2-12-11(14(17)18)7-8-13(15-12)9-3-5-10(6-4-9)16(19)20/h3-8H,2H2,1H3,(H,17,18). The summed E-state index contributed by atoms with van der Waals surface area (Å²) < 4.78 is 0. The van der Waals surface area contributed by atoms with E-state index in [9.17, 15) is 14.9 Å². The number of aromatic nitrogens is 1. The fourth-order valence-corrected chi connectivity index (χ4v) is 1.88. The van der Waals surface area contributed by atoms with Crippen LogP contribution in [0.5, 0.6) is 0 Å². The molecular formula is C14H12N2O4. The van der Waals surface area contributed by atoms with E-state index < -0.39 is 10.9 Å². The van der Waals surface area contributed by atoms with Crippen molar-refractivity contribution in [2.75, 3.05) is 0 Å². The smallest absolute Gasteiger partial charge is 0.337 e. The number of hydrogen-bond donors (Lipinski definition) is 1. The highest BCUT2D eigenvalue weighted by Crippen LogP contribution is 2.22. The van der Waals surface area contributed by atoms with E-state index >= 15 is 0 Å². The Morgan fingerprint density at radius 3 is 2.40 bits per heavy atom. The van der Waals surface area contributed by atoms with Gasteiger partial charge < -0.3 is 5.11 Å². The number of pyridine rings is 1. The lowest BCUT2D eigenvalue weighted by Gasteiger charge is -2.06. The minimum absolute atomic E-state index is 0.00613. The van der Waals surface area contributed by atoms with E-state index in [0.29, 0.717) is 23.4 Å². The maximum atomic E-state index is 11.0. The van der Waals surface area contributed by atoms with E-state index in [1.54, 1.807) is 18.2 Å². The third-order valence-corrected chi connectivity index (χ3v) is 2.91. The summed E-state index contributed by atoms with van der Waals surface area (Å²) in [5, 5.41) is 19.6. The second kappa shape index (κ2) is 5.48. The van der Waals surface area contributed by atoms with Gasteiger partial charge in [-0.05, 0) is 30.7 Å². The molecular weight excluding hydrogens is 260 g/mol. The molecule has 0 aliphatic heterocycles. The number of rotatable bonds is 4. The summed E-state index contributed by atoms with van der Waals surface area (Å²) in [5.41, 5.74) is 1.99. The average Bonchev–Trinajstić information content (AvgIpc) is 2.46. The molecule has 0 amide bonds. The van der Waals surface area contributed by atoms with Crippen LogP contribution >= 0.6 is 0 Å². The van der Waals surface area contributed by atoms with Crippen molar-refractivity contribution in [2.24, 2.45) is 0 Å². The second-order valence-electron chi connectivity index (χ2n) is 4.15. The highest BCUT2D eigenvalue weighted by molar-refractivity contribution is 5.89. The number of aromatic carboxylic acids is 1. The van der Waals surface area contributed by atoms with Crippen molar-refractivity contribution in [1.82, 2.24) is 4.98 Å². The van der Waals surface area contributed by atoms with Crippen LogP contribution in [0, 0.1) is 10.1 Å². The lowest BCUT2D eigenvalue weighted by Crippen LogP contribution is -2.04. The molecule has 1 N–H and O–H groups in total. The van der Waals surface area contributed by atoms with Gasteiger partial charge in [-0.25, -0.2) is 4.79 Å². The molecule has 102 valence electrons. The minimum Gasteiger partial charge on any atom is -0.478 e. The molecule has 2 aromatic rings. The average molecular weight is 272 g/mol. The third kappa shape index (κ3) is 2.64. The highest BCUT2D eigenvalue weighted by Gasteiger charge is 2.12. The zero-order valence-electron chi connectivity index (χ0n) is 10.7. The molecule has 6 heteroatoms. The van der Waals surface area contributed by atoms with E-state index in [1.165, 1.54) is 18.2 Å². The topological polar surface area (TPSA) is 93.3 Å². The first-order valence-electron chi connectivity index (χ1n) is 6.01. The molecule has 1 heterocycles. The molecule has 1 aromatic heterocycles. The van der Waals surface area contributed by atoms with Gasteiger partial charge in [0, 0.05) is 17.7 Å². The molecule has 0 fully saturated rings. The van der Waals surface area contributed by atoms with Crippen molar-refractivity contribution in [3.63, 3.8) is 0 Å². The first-order chi connectivity index (χ1) is 9.52. The fraction of sp³-hybridized carbons (Fsp3) is 0.143. The van der Waals surface area contributed by atoms with Crippen LogP contribution in [0.15, 0.2) is 36.4 Å². The summed E-state index contributed by atoms with van der Waals surface area (Å²) in [7, 11) is 0. The van der Waals surface area contributed by atoms with Crippen LogP contribution < -0.4 is 0 Å². The van der Waals surface area contributed by atoms with Crippen LogP contribution in [-0.4, -0.2) is 21.0 Å². The van der Waals surface area contributed by atoms with Crippen molar-refractivity contribution in [2.45, 2.75) is 13.3 Å². The van der Waals surface area contributed by atoms with Crippen LogP contribution in [0.3, 0.4) is 0 Å². The number of non-ortho nitro benzene ring substituents is 1. The predicted octanol–water partition coefficient (Wildman–Crippen LogP) is 2.92. The summed E-state index contributed by atoms with van der Waals surface area (Å²) in [5.74, 6) is -1.01. The Balaban J connectivity index is 2.42. The van der Waals surface area contributed by atoms with Crippen molar-refractivity contribution in [1.29, 1.82) is 0 Å². The summed E-state index contributed by atoms with van der Waals surface area (Å²) >= 11 is 0. The number of aryl methyl sites for hydroxylation is 1. The van der Waals surface area contributed by atoms with E-state index in [2.05, 4.69) is 4.98 Å². The summed E-state index contributed by atoms with van der Waals surface area (Å²) in [6.07, 6.45) is 0.502. The molecule has 6 nitrogen and oxygen atoms in total. The van der Waals surface area contributed by atoms with Gasteiger partial charge in [-0.3, -0.25) is 15.1 Å². The van der Waals surface area contributed by atoms with Gasteiger partial charge in [-0.2, -0.15) is 0 Å². The summed E-state index contributed by atoms with van der Waals surface area (Å²) in [6, 6.07) is 9.09. The van der Waals surface area contributed by atoms with Gasteiger partial charge in [0.15, 0.2) is 0 Å². The summed E-state index contributed by atoms with van der Waals surface area (Å²) in [6.45, 7) is 1.83. The molecule has 0 spiro atoms. The Hall–Kier alpha value is -2.76. The Morgan fingerprint density at radius 1 is 1.25 bits per heavy atom. The van der Waals surface area contributed by atoms with Crippen molar-refractivity contribution >= 4 is 11.7 Å². The predicted molar refractivity (Wildman–Crippen MR) is 72.7 cm³/mol. The number of nitro benzene ring substituents is 1. The van der Waals surface area contributed by atoms with Crippen LogP contribution in [0.4, 0.5) is 5.69 Å². The molecule has 0 aliphatic carbocycles. The van der Waals surface area contributed by atoms with Crippen LogP contribution in [0.1, 0.15) is 23.0 Å².